The fraction of sp³-hybridized carbons (Fsp3) is 0.976. The van der Waals surface area contributed by atoms with Crippen molar-refractivity contribution in [3.63, 3.8) is 0 Å². The molecule has 7 aliphatic rings. The van der Waals surface area contributed by atoms with Gasteiger partial charge in [-0.1, -0.05) is 34.6 Å². The maximum atomic E-state index is 12.1. The highest BCUT2D eigenvalue weighted by molar-refractivity contribution is 5.71. The SMILES string of the molecule is C[C@H]1[C@@H](O[C@@H]2CC[C@]3(C)C4C[C@H](O)[C@]5(C)C([C@H](C)CCCOC(=O)CN)CC[C@H]5[C@@H]4CC[C@@H]3C2)OC2O[C@@H](C)CC[C@H]3[C@H](C)CC[C@@H]1[C@@]23OO. The number of aliphatic hydroxyl groups is 1. The number of hydrogen-bond acceptors (Lipinski definition) is 9. The van der Waals surface area contributed by atoms with Crippen molar-refractivity contribution in [2.24, 2.45) is 75.7 Å². The van der Waals surface area contributed by atoms with E-state index in [1.807, 2.05) is 0 Å². The van der Waals surface area contributed by atoms with Crippen LogP contribution in [0.5, 0.6) is 0 Å². The average molecular weight is 704 g/mol. The van der Waals surface area contributed by atoms with Crippen LogP contribution in [0.15, 0.2) is 0 Å². The van der Waals surface area contributed by atoms with Crippen LogP contribution in [0.3, 0.4) is 0 Å². The summed E-state index contributed by atoms with van der Waals surface area (Å²) in [6, 6.07) is 0. The molecule has 0 spiro atoms. The first kappa shape index (κ1) is 37.5. The zero-order valence-corrected chi connectivity index (χ0v) is 31.9. The fourth-order valence-electron chi connectivity index (χ4n) is 14.1. The molecular formula is C41H69NO8. The fourth-order valence-corrected chi connectivity index (χ4v) is 14.1. The van der Waals surface area contributed by atoms with E-state index in [9.17, 15) is 15.2 Å². The van der Waals surface area contributed by atoms with Gasteiger partial charge in [0.15, 0.2) is 18.2 Å². The van der Waals surface area contributed by atoms with Crippen LogP contribution in [-0.4, -0.2) is 66.0 Å². The summed E-state index contributed by atoms with van der Waals surface area (Å²) >= 11 is 0. The normalized spacial score (nSPS) is 52.1. The monoisotopic (exact) mass is 704 g/mol. The lowest BCUT2D eigenvalue weighted by molar-refractivity contribution is -0.462. The van der Waals surface area contributed by atoms with Gasteiger partial charge in [-0.15, -0.1) is 0 Å². The van der Waals surface area contributed by atoms with E-state index in [2.05, 4.69) is 41.5 Å². The Morgan fingerprint density at radius 3 is 2.44 bits per heavy atom. The zero-order chi connectivity index (χ0) is 35.6. The van der Waals surface area contributed by atoms with E-state index in [1.54, 1.807) is 0 Å². The van der Waals surface area contributed by atoms with Crippen molar-refractivity contribution in [1.29, 1.82) is 0 Å². The summed E-state index contributed by atoms with van der Waals surface area (Å²) in [5, 5.41) is 22.6. The Kier molecular flexibility index (Phi) is 10.8. The van der Waals surface area contributed by atoms with Gasteiger partial charge in [-0.05, 0) is 155 Å². The van der Waals surface area contributed by atoms with Crippen LogP contribution in [0.1, 0.15) is 131 Å². The Morgan fingerprint density at radius 2 is 1.68 bits per heavy atom. The molecule has 0 bridgehead atoms. The van der Waals surface area contributed by atoms with Gasteiger partial charge in [-0.3, -0.25) is 10.1 Å². The number of carbonyl (C=O) groups excluding carboxylic acids is 1. The molecule has 2 heterocycles. The molecule has 4 N–H and O–H groups in total. The second-order valence-electron chi connectivity index (χ2n) is 19.0. The van der Waals surface area contributed by atoms with Gasteiger partial charge in [0.05, 0.1) is 31.5 Å². The van der Waals surface area contributed by atoms with Gasteiger partial charge in [0.2, 0.25) is 0 Å². The Hall–Kier alpha value is -0.810. The molecule has 2 saturated heterocycles. The van der Waals surface area contributed by atoms with Crippen LogP contribution in [0, 0.1) is 70.0 Å². The van der Waals surface area contributed by atoms with Gasteiger partial charge in [0.25, 0.3) is 0 Å². The highest BCUT2D eigenvalue weighted by Gasteiger charge is 2.66. The molecule has 0 aromatic carbocycles. The first-order valence-corrected chi connectivity index (χ1v) is 20.7. The summed E-state index contributed by atoms with van der Waals surface area (Å²) in [5.74, 6) is 3.90. The molecule has 0 radical (unpaired) electrons. The Bertz CT molecular complexity index is 1200. The van der Waals surface area contributed by atoms with Crippen molar-refractivity contribution >= 4 is 5.97 Å². The Labute approximate surface area is 301 Å². The maximum absolute atomic E-state index is 12.1. The van der Waals surface area contributed by atoms with Crippen LogP contribution in [0.25, 0.3) is 0 Å². The predicted octanol–water partition coefficient (Wildman–Crippen LogP) is 7.33. The number of hydrogen-bond donors (Lipinski definition) is 3. The summed E-state index contributed by atoms with van der Waals surface area (Å²) in [7, 11) is 0. The van der Waals surface area contributed by atoms with E-state index >= 15 is 0 Å². The molecule has 0 aromatic heterocycles. The molecule has 2 aliphatic heterocycles. The molecule has 5 saturated carbocycles. The highest BCUT2D eigenvalue weighted by atomic mass is 17.1. The van der Waals surface area contributed by atoms with Crippen molar-refractivity contribution in [2.45, 2.75) is 168 Å². The molecule has 18 atom stereocenters. The lowest BCUT2D eigenvalue weighted by atomic mass is 9.43. The molecule has 5 aliphatic carbocycles. The molecule has 7 rings (SSSR count). The van der Waals surface area contributed by atoms with Crippen molar-refractivity contribution in [3.05, 3.63) is 0 Å². The third-order valence-corrected chi connectivity index (χ3v) is 16.9. The van der Waals surface area contributed by atoms with Crippen LogP contribution in [0.2, 0.25) is 0 Å². The summed E-state index contributed by atoms with van der Waals surface area (Å²) < 4.78 is 25.5. The van der Waals surface area contributed by atoms with Gasteiger partial charge in [-0.25, -0.2) is 4.89 Å². The van der Waals surface area contributed by atoms with Gasteiger partial charge in [0, 0.05) is 11.8 Å². The second-order valence-corrected chi connectivity index (χ2v) is 19.0. The second kappa shape index (κ2) is 14.4. The molecule has 0 aromatic rings. The van der Waals surface area contributed by atoms with Crippen LogP contribution < -0.4 is 5.73 Å². The summed E-state index contributed by atoms with van der Waals surface area (Å²) in [6.45, 7) is 14.3. The third kappa shape index (κ3) is 6.03. The number of esters is 1. The molecule has 7 fully saturated rings. The lowest BCUT2D eigenvalue weighted by Gasteiger charge is -2.63. The Balaban J connectivity index is 1.00. The summed E-state index contributed by atoms with van der Waals surface area (Å²) in [4.78, 5) is 17.0. The number of nitrogens with two attached hydrogens (primary N) is 1. The van der Waals surface area contributed by atoms with Crippen LogP contribution >= 0.6 is 0 Å². The topological polar surface area (TPSA) is 130 Å². The first-order chi connectivity index (χ1) is 23.9. The number of rotatable bonds is 9. The minimum Gasteiger partial charge on any atom is -0.465 e. The van der Waals surface area contributed by atoms with Crippen molar-refractivity contribution in [2.75, 3.05) is 13.2 Å². The van der Waals surface area contributed by atoms with Gasteiger partial charge in [-0.2, -0.15) is 0 Å². The quantitative estimate of drug-likeness (QED) is 0.0743. The number of ether oxygens (including phenoxy) is 4. The minimum absolute atomic E-state index is 0.0455. The Morgan fingerprint density at radius 1 is 0.920 bits per heavy atom. The molecule has 286 valence electrons. The van der Waals surface area contributed by atoms with Crippen LogP contribution in [0.4, 0.5) is 0 Å². The molecule has 9 heteroatoms. The predicted molar refractivity (Wildman–Crippen MR) is 189 cm³/mol. The van der Waals surface area contributed by atoms with Gasteiger partial charge < -0.3 is 29.8 Å². The van der Waals surface area contributed by atoms with Crippen molar-refractivity contribution < 1.29 is 39.0 Å². The smallest absolute Gasteiger partial charge is 0.319 e. The highest BCUT2D eigenvalue weighted by Crippen LogP contribution is 2.69. The maximum Gasteiger partial charge on any atom is 0.319 e. The molecular weight excluding hydrogens is 634 g/mol. The molecule has 0 amide bonds. The van der Waals surface area contributed by atoms with Gasteiger partial charge >= 0.3 is 5.97 Å². The zero-order valence-electron chi connectivity index (χ0n) is 31.9. The van der Waals surface area contributed by atoms with Crippen molar-refractivity contribution in [1.82, 2.24) is 0 Å². The van der Waals surface area contributed by atoms with Crippen molar-refractivity contribution in [3.8, 4) is 0 Å². The average Bonchev–Trinajstić information content (AvgIpc) is 3.39. The van der Waals surface area contributed by atoms with E-state index < -0.39 is 11.9 Å². The lowest BCUT2D eigenvalue weighted by Crippen LogP contribution is -2.67. The standard InChI is InChI=1S/C41H69NO8/c1-23(8-7-19-46-36(44)22-42)30-15-16-33-29-12-11-27-20-28(17-18-39(27,5)34(29)21-35(43)40(30,33)6)48-37-26(4)32-13-9-24(2)31-14-10-25(3)47-38(49-37)41(31,32)50-45/h23-35,37-38,43,45H,7-22,42H2,1-6H3/t23-,24-,25+,26-,27-,28-,29+,30?,31+,32+,33+,34?,35+,37+,38?,39+,40-,41-/m1/s1. The van der Waals surface area contributed by atoms with Gasteiger partial charge in [0.1, 0.15) is 0 Å². The first-order valence-electron chi connectivity index (χ1n) is 20.7. The number of fused-ring (bicyclic) bond motifs is 5. The number of carbonyl (C=O) groups is 1. The van der Waals surface area contributed by atoms with E-state index in [0.29, 0.717) is 48.0 Å². The molecule has 9 nitrogen and oxygen atoms in total. The third-order valence-electron chi connectivity index (χ3n) is 16.9. The molecule has 3 unspecified atom stereocenters. The largest absolute Gasteiger partial charge is 0.465 e. The number of aliphatic hydroxyl groups excluding tert-OH is 1. The summed E-state index contributed by atoms with van der Waals surface area (Å²) in [5.41, 5.74) is 4.73. The van der Waals surface area contributed by atoms with E-state index in [-0.39, 0.29) is 65.7 Å². The van der Waals surface area contributed by atoms with E-state index in [4.69, 9.17) is 29.6 Å². The minimum atomic E-state index is -0.835. The summed E-state index contributed by atoms with van der Waals surface area (Å²) in [6.07, 6.45) is 13.8. The van der Waals surface area contributed by atoms with E-state index in [0.717, 1.165) is 64.2 Å². The van der Waals surface area contributed by atoms with Crippen LogP contribution in [-0.2, 0) is 28.6 Å². The van der Waals surface area contributed by atoms with E-state index in [1.165, 1.54) is 25.7 Å². The molecule has 50 heavy (non-hydrogen) atoms.